The molecule has 0 aromatic heterocycles. The van der Waals surface area contributed by atoms with Crippen LogP contribution in [-0.4, -0.2) is 25.2 Å². The Hall–Kier alpha value is 0.350. The predicted octanol–water partition coefficient (Wildman–Crippen LogP) is 4.78. The maximum absolute atomic E-state index is 5.59. The Balaban J connectivity index is 1.89. The van der Waals surface area contributed by atoms with Crippen LogP contribution in [0.2, 0.25) is 0 Å². The minimum absolute atomic E-state index is 0.672. The molecule has 2 nitrogen and oxygen atoms in total. The van der Waals surface area contributed by atoms with Crippen molar-refractivity contribution in [3.8, 4) is 0 Å². The van der Waals surface area contributed by atoms with E-state index in [1.807, 2.05) is 0 Å². The van der Waals surface area contributed by atoms with Gasteiger partial charge in [0.25, 0.3) is 0 Å². The van der Waals surface area contributed by atoms with Gasteiger partial charge in [-0.15, -0.1) is 0 Å². The third-order valence-electron chi connectivity index (χ3n) is 2.70. The van der Waals surface area contributed by atoms with E-state index in [0.29, 0.717) is 19.8 Å². The molecule has 0 saturated heterocycles. The molecule has 0 aliphatic rings. The van der Waals surface area contributed by atoms with Crippen molar-refractivity contribution in [1.29, 1.82) is 0 Å². The lowest BCUT2D eigenvalue weighted by molar-refractivity contribution is 0.0393. The fourth-order valence-corrected chi connectivity index (χ4v) is 2.69. The third kappa shape index (κ3) is 9.82. The Morgan fingerprint density at radius 1 is 0.947 bits per heavy atom. The van der Waals surface area contributed by atoms with Gasteiger partial charge in [0.15, 0.2) is 0 Å². The molecular weight excluding hydrogens is 419 g/mol. The van der Waals surface area contributed by atoms with E-state index in [1.54, 1.807) is 0 Å². The van der Waals surface area contributed by atoms with Crippen LogP contribution in [0.5, 0.6) is 0 Å². The van der Waals surface area contributed by atoms with Crippen molar-refractivity contribution < 1.29 is 9.47 Å². The van der Waals surface area contributed by atoms with Gasteiger partial charge < -0.3 is 9.47 Å². The predicted molar refractivity (Wildman–Crippen MR) is 91.9 cm³/mol. The summed E-state index contributed by atoms with van der Waals surface area (Å²) in [5.41, 5.74) is 1.22. The summed E-state index contributed by atoms with van der Waals surface area (Å²) in [6.07, 6.45) is 4.97. The Morgan fingerprint density at radius 3 is 2.53 bits per heavy atom. The summed E-state index contributed by atoms with van der Waals surface area (Å²) in [7, 11) is 0. The Bertz CT molecular complexity index is 334. The normalized spacial score (nSPS) is 10.8. The molecular formula is C15H22BrIO2. The zero-order chi connectivity index (χ0) is 13.8. The molecule has 0 spiro atoms. The lowest BCUT2D eigenvalue weighted by atomic mass is 10.2. The van der Waals surface area contributed by atoms with Crippen LogP contribution in [0.3, 0.4) is 0 Å². The lowest BCUT2D eigenvalue weighted by Gasteiger charge is -2.06. The zero-order valence-electron chi connectivity index (χ0n) is 11.2. The number of ether oxygens (including phenoxy) is 2. The molecule has 1 aromatic rings. The molecule has 4 heteroatoms. The largest absolute Gasteiger partial charge is 0.379 e. The standard InChI is InChI=1S/C15H22BrIO2/c16-8-3-1-2-4-9-18-10-11-19-13-14-6-5-7-15(17)12-14/h5-7,12H,1-4,8-11,13H2. The first kappa shape index (κ1) is 17.4. The van der Waals surface area contributed by atoms with Crippen molar-refractivity contribution in [3.05, 3.63) is 33.4 Å². The number of alkyl halides is 1. The van der Waals surface area contributed by atoms with E-state index in [-0.39, 0.29) is 0 Å². The molecule has 0 amide bonds. The highest BCUT2D eigenvalue weighted by Crippen LogP contribution is 2.08. The molecule has 0 aliphatic carbocycles. The first-order valence-corrected chi connectivity index (χ1v) is 8.99. The van der Waals surface area contributed by atoms with Crippen molar-refractivity contribution in [3.63, 3.8) is 0 Å². The molecule has 1 aromatic carbocycles. The fourth-order valence-electron chi connectivity index (χ4n) is 1.69. The monoisotopic (exact) mass is 440 g/mol. The van der Waals surface area contributed by atoms with Gasteiger partial charge in [0.2, 0.25) is 0 Å². The summed E-state index contributed by atoms with van der Waals surface area (Å²) in [4.78, 5) is 0. The molecule has 0 bridgehead atoms. The van der Waals surface area contributed by atoms with Crippen molar-refractivity contribution in [2.45, 2.75) is 32.3 Å². The Kier molecular flexibility index (Phi) is 11.1. The van der Waals surface area contributed by atoms with Gasteiger partial charge in [0, 0.05) is 15.5 Å². The van der Waals surface area contributed by atoms with E-state index in [1.165, 1.54) is 28.4 Å². The van der Waals surface area contributed by atoms with Crippen LogP contribution < -0.4 is 0 Å². The van der Waals surface area contributed by atoms with Gasteiger partial charge in [-0.3, -0.25) is 0 Å². The van der Waals surface area contributed by atoms with Gasteiger partial charge in [-0.2, -0.15) is 0 Å². The van der Waals surface area contributed by atoms with Gasteiger partial charge >= 0.3 is 0 Å². The number of hydrogen-bond donors (Lipinski definition) is 0. The van der Waals surface area contributed by atoms with Gasteiger partial charge in [-0.25, -0.2) is 0 Å². The summed E-state index contributed by atoms with van der Waals surface area (Å²) in [6.45, 7) is 2.90. The third-order valence-corrected chi connectivity index (χ3v) is 3.93. The molecule has 0 heterocycles. The molecule has 0 fully saturated rings. The quantitative estimate of drug-likeness (QED) is 0.280. The molecule has 0 N–H and O–H groups in total. The first-order chi connectivity index (χ1) is 9.33. The average Bonchev–Trinajstić information content (AvgIpc) is 2.41. The minimum atomic E-state index is 0.672. The molecule has 108 valence electrons. The smallest absolute Gasteiger partial charge is 0.0718 e. The Morgan fingerprint density at radius 2 is 1.74 bits per heavy atom. The highest BCUT2D eigenvalue weighted by atomic mass is 127. The highest BCUT2D eigenvalue weighted by Gasteiger charge is 1.95. The summed E-state index contributed by atoms with van der Waals surface area (Å²) < 4.78 is 12.4. The van der Waals surface area contributed by atoms with Gasteiger partial charge in [0.05, 0.1) is 19.8 Å². The van der Waals surface area contributed by atoms with Gasteiger partial charge in [-0.1, -0.05) is 40.9 Å². The van der Waals surface area contributed by atoms with Crippen LogP contribution in [-0.2, 0) is 16.1 Å². The number of rotatable bonds is 11. The lowest BCUT2D eigenvalue weighted by Crippen LogP contribution is -2.05. The molecule has 0 aliphatic heterocycles. The topological polar surface area (TPSA) is 18.5 Å². The van der Waals surface area contributed by atoms with E-state index in [4.69, 9.17) is 9.47 Å². The molecule has 1 rings (SSSR count). The van der Waals surface area contributed by atoms with Crippen molar-refractivity contribution in [2.24, 2.45) is 0 Å². The average molecular weight is 441 g/mol. The van der Waals surface area contributed by atoms with Crippen LogP contribution in [0.15, 0.2) is 24.3 Å². The maximum atomic E-state index is 5.59. The zero-order valence-corrected chi connectivity index (χ0v) is 15.0. The minimum Gasteiger partial charge on any atom is -0.379 e. The summed E-state index contributed by atoms with van der Waals surface area (Å²) >= 11 is 5.75. The first-order valence-electron chi connectivity index (χ1n) is 6.79. The van der Waals surface area contributed by atoms with Crippen molar-refractivity contribution in [1.82, 2.24) is 0 Å². The SMILES string of the molecule is BrCCCCCCOCCOCc1cccc(I)c1. The second kappa shape index (κ2) is 12.1. The number of unbranched alkanes of at least 4 members (excludes halogenated alkanes) is 3. The summed E-state index contributed by atoms with van der Waals surface area (Å²) in [5.74, 6) is 0. The highest BCUT2D eigenvalue weighted by molar-refractivity contribution is 14.1. The second-order valence-corrected chi connectivity index (χ2v) is 6.44. The van der Waals surface area contributed by atoms with Gasteiger partial charge in [-0.05, 0) is 53.1 Å². The van der Waals surface area contributed by atoms with E-state index in [2.05, 4.69) is 62.8 Å². The second-order valence-electron chi connectivity index (χ2n) is 4.40. The van der Waals surface area contributed by atoms with Crippen LogP contribution in [0.25, 0.3) is 0 Å². The molecule has 0 saturated carbocycles. The van der Waals surface area contributed by atoms with Crippen LogP contribution >= 0.6 is 38.5 Å². The Labute approximate surface area is 138 Å². The van der Waals surface area contributed by atoms with Crippen molar-refractivity contribution >= 4 is 38.5 Å². The van der Waals surface area contributed by atoms with Crippen molar-refractivity contribution in [2.75, 3.05) is 25.2 Å². The summed E-state index contributed by atoms with van der Waals surface area (Å²) in [6, 6.07) is 8.38. The molecule has 0 atom stereocenters. The van der Waals surface area contributed by atoms with E-state index < -0.39 is 0 Å². The van der Waals surface area contributed by atoms with Crippen LogP contribution in [0.4, 0.5) is 0 Å². The number of hydrogen-bond acceptors (Lipinski definition) is 2. The maximum Gasteiger partial charge on any atom is 0.0718 e. The van der Waals surface area contributed by atoms with Gasteiger partial charge in [0.1, 0.15) is 0 Å². The van der Waals surface area contributed by atoms with E-state index in [9.17, 15) is 0 Å². The molecule has 0 radical (unpaired) electrons. The van der Waals surface area contributed by atoms with E-state index >= 15 is 0 Å². The van der Waals surface area contributed by atoms with Crippen LogP contribution in [0, 0.1) is 3.57 Å². The number of halogens is 2. The van der Waals surface area contributed by atoms with E-state index in [0.717, 1.165) is 18.4 Å². The molecule has 19 heavy (non-hydrogen) atoms. The molecule has 0 unspecified atom stereocenters. The summed E-state index contributed by atoms with van der Waals surface area (Å²) in [5, 5.41) is 1.11. The fraction of sp³-hybridized carbons (Fsp3) is 0.600. The van der Waals surface area contributed by atoms with Crippen LogP contribution in [0.1, 0.15) is 31.2 Å². The number of benzene rings is 1.